The number of hydrogen-bond acceptors (Lipinski definition) is 2. The van der Waals surface area contributed by atoms with Crippen LogP contribution in [-0.2, 0) is 6.54 Å². The van der Waals surface area contributed by atoms with Crippen molar-refractivity contribution in [2.75, 3.05) is 5.88 Å². The summed E-state index contributed by atoms with van der Waals surface area (Å²) in [5.74, 6) is 0.362. The third kappa shape index (κ3) is 2.20. The third-order valence-electron chi connectivity index (χ3n) is 1.37. The molecule has 1 aromatic heterocycles. The molecule has 0 aliphatic carbocycles. The van der Waals surface area contributed by atoms with E-state index < -0.39 is 0 Å². The van der Waals surface area contributed by atoms with Crippen molar-refractivity contribution in [1.29, 1.82) is 0 Å². The Morgan fingerprint density at radius 3 is 3.08 bits per heavy atom. The normalized spacial score (nSPS) is 9.75. The summed E-state index contributed by atoms with van der Waals surface area (Å²) >= 11 is 5.52. The van der Waals surface area contributed by atoms with Crippen molar-refractivity contribution < 1.29 is 0 Å². The second-order valence-electron chi connectivity index (χ2n) is 2.41. The first-order chi connectivity index (χ1) is 5.74. The molecule has 4 heteroatoms. The molecule has 0 aromatic carbocycles. The Balaban J connectivity index is 2.83. The summed E-state index contributed by atoms with van der Waals surface area (Å²) < 4.78 is 1.46. The summed E-state index contributed by atoms with van der Waals surface area (Å²) in [5, 5.41) is 0. The molecule has 0 aliphatic rings. The molecular weight excluding hydrogens is 176 g/mol. The number of aromatic nitrogens is 2. The van der Waals surface area contributed by atoms with Crippen molar-refractivity contribution in [2.24, 2.45) is 0 Å². The summed E-state index contributed by atoms with van der Waals surface area (Å²) in [6, 6.07) is 1.70. The molecule has 0 saturated heterocycles. The summed E-state index contributed by atoms with van der Waals surface area (Å²) in [7, 11) is 0. The predicted octanol–water partition coefficient (Wildman–Crippen LogP) is 1.04. The van der Waals surface area contributed by atoms with Gasteiger partial charge in [-0.15, -0.1) is 11.6 Å². The highest BCUT2D eigenvalue weighted by molar-refractivity contribution is 6.19. The lowest BCUT2D eigenvalue weighted by molar-refractivity contribution is 0.719. The lowest BCUT2D eigenvalue weighted by Gasteiger charge is -2.03. The largest absolute Gasteiger partial charge is 0.347 e. The van der Waals surface area contributed by atoms with Crippen LogP contribution in [0.3, 0.4) is 0 Å². The zero-order chi connectivity index (χ0) is 8.97. The van der Waals surface area contributed by atoms with E-state index >= 15 is 0 Å². The molecule has 0 fully saturated rings. The van der Waals surface area contributed by atoms with E-state index in [1.54, 1.807) is 12.3 Å². The predicted molar refractivity (Wildman–Crippen MR) is 48.4 cm³/mol. The van der Waals surface area contributed by atoms with Crippen LogP contribution in [0.4, 0.5) is 0 Å². The molecule has 1 aromatic rings. The topological polar surface area (TPSA) is 34.9 Å². The average molecular weight is 185 g/mol. The van der Waals surface area contributed by atoms with Crippen molar-refractivity contribution in [3.05, 3.63) is 41.1 Å². The maximum Gasteiger partial charge on any atom is 0.347 e. The molecule has 1 rings (SSSR count). The molecule has 0 unspecified atom stereocenters. The summed E-state index contributed by atoms with van der Waals surface area (Å²) in [6.45, 7) is 4.13. The van der Waals surface area contributed by atoms with E-state index in [0.29, 0.717) is 12.4 Å². The van der Waals surface area contributed by atoms with Gasteiger partial charge in [-0.25, -0.2) is 9.78 Å². The molecule has 0 N–H and O–H groups in total. The fourth-order valence-electron chi connectivity index (χ4n) is 0.791. The Kier molecular flexibility index (Phi) is 3.05. The maximum absolute atomic E-state index is 11.0. The average Bonchev–Trinajstić information content (AvgIpc) is 2.09. The van der Waals surface area contributed by atoms with Gasteiger partial charge < -0.3 is 0 Å². The number of rotatable bonds is 3. The summed E-state index contributed by atoms with van der Waals surface area (Å²) in [5.41, 5.74) is 0.524. The highest BCUT2D eigenvalue weighted by Gasteiger charge is 1.96. The Morgan fingerprint density at radius 2 is 2.50 bits per heavy atom. The monoisotopic (exact) mass is 184 g/mol. The molecule has 0 atom stereocenters. The number of nitrogens with zero attached hydrogens (tertiary/aromatic N) is 2. The van der Waals surface area contributed by atoms with Gasteiger partial charge in [-0.3, -0.25) is 4.57 Å². The van der Waals surface area contributed by atoms with Crippen molar-refractivity contribution >= 4 is 11.6 Å². The number of alkyl halides is 1. The van der Waals surface area contributed by atoms with Gasteiger partial charge in [0, 0.05) is 24.8 Å². The van der Waals surface area contributed by atoms with E-state index in [2.05, 4.69) is 11.6 Å². The summed E-state index contributed by atoms with van der Waals surface area (Å²) in [6.07, 6.45) is 3.12. The van der Waals surface area contributed by atoms with Crippen LogP contribution in [0.2, 0.25) is 0 Å². The fourth-order valence-corrected chi connectivity index (χ4v) is 0.875. The van der Waals surface area contributed by atoms with Crippen LogP contribution >= 0.6 is 11.6 Å². The van der Waals surface area contributed by atoms with E-state index in [-0.39, 0.29) is 5.69 Å². The zero-order valence-corrected chi connectivity index (χ0v) is 7.29. The number of allylic oxidation sites excluding steroid dienone is 1. The molecule has 0 radical (unpaired) electrons. The van der Waals surface area contributed by atoms with Gasteiger partial charge in [0.25, 0.3) is 0 Å². The fraction of sp³-hybridized carbons (Fsp3) is 0.250. The van der Waals surface area contributed by atoms with Gasteiger partial charge in [0.2, 0.25) is 0 Å². The third-order valence-corrected chi connectivity index (χ3v) is 1.74. The second-order valence-corrected chi connectivity index (χ2v) is 2.68. The van der Waals surface area contributed by atoms with Crippen molar-refractivity contribution in [3.63, 3.8) is 0 Å². The van der Waals surface area contributed by atoms with Crippen LogP contribution in [0.15, 0.2) is 35.4 Å². The molecule has 3 nitrogen and oxygen atoms in total. The van der Waals surface area contributed by atoms with Crippen LogP contribution < -0.4 is 5.69 Å². The lowest BCUT2D eigenvalue weighted by Crippen LogP contribution is -2.22. The van der Waals surface area contributed by atoms with Crippen LogP contribution in [0.5, 0.6) is 0 Å². The molecule has 0 amide bonds. The molecule has 64 valence electrons. The van der Waals surface area contributed by atoms with Gasteiger partial charge >= 0.3 is 5.69 Å². The zero-order valence-electron chi connectivity index (χ0n) is 6.53. The van der Waals surface area contributed by atoms with Gasteiger partial charge in [-0.05, 0) is 11.6 Å². The van der Waals surface area contributed by atoms with Gasteiger partial charge in [0.15, 0.2) is 0 Å². The van der Waals surface area contributed by atoms with E-state index in [9.17, 15) is 4.79 Å². The minimum atomic E-state index is -0.274. The van der Waals surface area contributed by atoms with Gasteiger partial charge in [0.05, 0.1) is 0 Å². The Hall–Kier alpha value is -1.09. The smallest absolute Gasteiger partial charge is 0.295 e. The second kappa shape index (κ2) is 4.07. The Morgan fingerprint density at radius 1 is 1.75 bits per heavy atom. The minimum Gasteiger partial charge on any atom is -0.295 e. The van der Waals surface area contributed by atoms with E-state index in [1.165, 1.54) is 10.8 Å². The maximum atomic E-state index is 11.0. The van der Waals surface area contributed by atoms with E-state index in [1.807, 2.05) is 0 Å². The Bertz CT molecular complexity index is 332. The van der Waals surface area contributed by atoms with Gasteiger partial charge in [-0.2, -0.15) is 0 Å². The highest BCUT2D eigenvalue weighted by Crippen LogP contribution is 1.95. The molecular formula is C8H9ClN2O. The molecule has 0 bridgehead atoms. The van der Waals surface area contributed by atoms with E-state index in [0.717, 1.165) is 5.57 Å². The van der Waals surface area contributed by atoms with Crippen LogP contribution in [0.1, 0.15) is 0 Å². The van der Waals surface area contributed by atoms with Crippen LogP contribution in [0, 0.1) is 0 Å². The SMILES string of the molecule is C=C(CCl)Cn1cccnc1=O. The van der Waals surface area contributed by atoms with Crippen LogP contribution in [-0.4, -0.2) is 15.4 Å². The molecule has 1 heterocycles. The van der Waals surface area contributed by atoms with Crippen molar-refractivity contribution in [3.8, 4) is 0 Å². The molecule has 12 heavy (non-hydrogen) atoms. The van der Waals surface area contributed by atoms with Crippen molar-refractivity contribution in [2.45, 2.75) is 6.54 Å². The first-order valence-corrected chi connectivity index (χ1v) is 4.01. The quantitative estimate of drug-likeness (QED) is 0.520. The number of halogens is 1. The van der Waals surface area contributed by atoms with Crippen molar-refractivity contribution in [1.82, 2.24) is 9.55 Å². The summed E-state index contributed by atoms with van der Waals surface area (Å²) in [4.78, 5) is 14.6. The van der Waals surface area contributed by atoms with E-state index in [4.69, 9.17) is 11.6 Å². The molecule has 0 aliphatic heterocycles. The number of hydrogen-bond donors (Lipinski definition) is 0. The van der Waals surface area contributed by atoms with Crippen LogP contribution in [0.25, 0.3) is 0 Å². The molecule has 0 saturated carbocycles. The first kappa shape index (κ1) is 9.00. The molecule has 0 spiro atoms. The standard InChI is InChI=1S/C8H9ClN2O/c1-7(5-9)6-11-4-2-3-10-8(11)12/h2-4H,1,5-6H2. The Labute approximate surface area is 75.3 Å². The van der Waals surface area contributed by atoms with Gasteiger partial charge in [0.1, 0.15) is 0 Å². The first-order valence-electron chi connectivity index (χ1n) is 3.48. The highest BCUT2D eigenvalue weighted by atomic mass is 35.5. The van der Waals surface area contributed by atoms with Gasteiger partial charge in [-0.1, -0.05) is 6.58 Å². The minimum absolute atomic E-state index is 0.274. The lowest BCUT2D eigenvalue weighted by atomic mass is 10.3.